The van der Waals surface area contributed by atoms with E-state index in [0.717, 1.165) is 11.1 Å². The Balaban J connectivity index is 2.02. The summed E-state index contributed by atoms with van der Waals surface area (Å²) in [6.07, 6.45) is 1.35. The Kier molecular flexibility index (Phi) is 6.56. The van der Waals surface area contributed by atoms with Gasteiger partial charge < -0.3 is 15.2 Å². The number of anilines is 1. The molecule has 26 heavy (non-hydrogen) atoms. The van der Waals surface area contributed by atoms with Crippen LogP contribution < -0.4 is 15.5 Å². The number of ether oxygens (including phenoxy) is 1. The highest BCUT2D eigenvalue weighted by atomic mass is 127. The average Bonchev–Trinajstić information content (AvgIpc) is 2.61. The van der Waals surface area contributed by atoms with Crippen LogP contribution in [-0.4, -0.2) is 30.2 Å². The van der Waals surface area contributed by atoms with Crippen molar-refractivity contribution in [2.24, 2.45) is 5.10 Å². The molecule has 0 aliphatic heterocycles. The van der Waals surface area contributed by atoms with E-state index in [0.29, 0.717) is 14.8 Å². The minimum absolute atomic E-state index is 0.0298. The molecule has 0 atom stereocenters. The lowest BCUT2D eigenvalue weighted by molar-refractivity contribution is -0.136. The number of aromatic hydroxyl groups is 1. The van der Waals surface area contributed by atoms with Gasteiger partial charge in [-0.15, -0.1) is 0 Å². The fraction of sp³-hybridized carbons (Fsp3) is 0.167. The largest absolute Gasteiger partial charge is 0.504 e. The number of hydrogen-bond acceptors (Lipinski definition) is 5. The molecule has 0 fully saturated rings. The van der Waals surface area contributed by atoms with Crippen LogP contribution in [0.25, 0.3) is 0 Å². The first-order valence-electron chi connectivity index (χ1n) is 7.60. The maximum absolute atomic E-state index is 12.0. The maximum atomic E-state index is 12.0. The van der Waals surface area contributed by atoms with Crippen molar-refractivity contribution in [3.63, 3.8) is 0 Å². The minimum Gasteiger partial charge on any atom is -0.504 e. The molecule has 0 unspecified atom stereocenters. The van der Waals surface area contributed by atoms with Crippen LogP contribution in [0.1, 0.15) is 16.7 Å². The number of methoxy groups -OCH3 is 1. The van der Waals surface area contributed by atoms with E-state index in [2.05, 4.69) is 15.8 Å². The summed E-state index contributed by atoms with van der Waals surface area (Å²) in [6, 6.07) is 8.66. The molecule has 0 saturated carbocycles. The first kappa shape index (κ1) is 19.7. The lowest BCUT2D eigenvalue weighted by atomic mass is 10.1. The van der Waals surface area contributed by atoms with Gasteiger partial charge in [0.2, 0.25) is 0 Å². The van der Waals surface area contributed by atoms with E-state index >= 15 is 0 Å². The smallest absolute Gasteiger partial charge is 0.329 e. The molecule has 0 bridgehead atoms. The molecule has 0 spiro atoms. The number of carbonyl (C=O) groups excluding carboxylic acids is 2. The van der Waals surface area contributed by atoms with E-state index in [9.17, 15) is 14.7 Å². The third-order valence-electron chi connectivity index (χ3n) is 3.71. The zero-order valence-electron chi connectivity index (χ0n) is 14.5. The van der Waals surface area contributed by atoms with Gasteiger partial charge in [0.25, 0.3) is 0 Å². The summed E-state index contributed by atoms with van der Waals surface area (Å²) in [5.41, 5.74) is 5.24. The van der Waals surface area contributed by atoms with E-state index in [1.807, 2.05) is 42.5 Å². The van der Waals surface area contributed by atoms with Gasteiger partial charge in [0, 0.05) is 5.69 Å². The van der Waals surface area contributed by atoms with Gasteiger partial charge in [-0.2, -0.15) is 5.10 Å². The van der Waals surface area contributed by atoms with E-state index < -0.39 is 11.8 Å². The predicted octanol–water partition coefficient (Wildman–Crippen LogP) is 2.71. The Bertz CT molecular complexity index is 881. The SMILES string of the molecule is COc1cc(/C=N\NC(=O)C(=O)Nc2cccc(C)c2C)cc(I)c1O. The number of phenolic OH excluding ortho intramolecular Hbond substituents is 1. The Hall–Kier alpha value is -2.62. The van der Waals surface area contributed by atoms with Crippen molar-refractivity contribution in [1.82, 2.24) is 5.43 Å². The van der Waals surface area contributed by atoms with Crippen LogP contribution in [0.5, 0.6) is 11.5 Å². The van der Waals surface area contributed by atoms with Gasteiger partial charge in [-0.3, -0.25) is 9.59 Å². The molecule has 0 aliphatic carbocycles. The van der Waals surface area contributed by atoms with Crippen molar-refractivity contribution in [2.75, 3.05) is 12.4 Å². The van der Waals surface area contributed by atoms with Gasteiger partial charge in [0.1, 0.15) is 0 Å². The summed E-state index contributed by atoms with van der Waals surface area (Å²) in [5, 5.41) is 16.1. The maximum Gasteiger partial charge on any atom is 0.329 e. The van der Waals surface area contributed by atoms with Crippen LogP contribution in [0, 0.1) is 17.4 Å². The third kappa shape index (κ3) is 4.72. The number of carbonyl (C=O) groups is 2. The van der Waals surface area contributed by atoms with Crippen molar-refractivity contribution >= 4 is 46.3 Å². The first-order chi connectivity index (χ1) is 12.3. The predicted molar refractivity (Wildman–Crippen MR) is 108 cm³/mol. The summed E-state index contributed by atoms with van der Waals surface area (Å²) < 4.78 is 5.62. The van der Waals surface area contributed by atoms with Crippen LogP contribution >= 0.6 is 22.6 Å². The number of hydrazone groups is 1. The number of hydrogen-bond donors (Lipinski definition) is 3. The van der Waals surface area contributed by atoms with E-state index in [1.54, 1.807) is 24.3 Å². The van der Waals surface area contributed by atoms with Gasteiger partial charge in [0.05, 0.1) is 16.9 Å². The molecule has 0 heterocycles. The molecule has 2 aromatic carbocycles. The monoisotopic (exact) mass is 467 g/mol. The molecule has 2 amide bonds. The second-order valence-electron chi connectivity index (χ2n) is 5.45. The first-order valence-corrected chi connectivity index (χ1v) is 8.68. The Morgan fingerprint density at radius 1 is 1.23 bits per heavy atom. The molecule has 0 aliphatic rings. The van der Waals surface area contributed by atoms with Crippen LogP contribution in [0.3, 0.4) is 0 Å². The number of amides is 2. The highest BCUT2D eigenvalue weighted by molar-refractivity contribution is 14.1. The van der Waals surface area contributed by atoms with Crippen molar-refractivity contribution in [1.29, 1.82) is 0 Å². The van der Waals surface area contributed by atoms with Crippen LogP contribution in [0.2, 0.25) is 0 Å². The number of nitrogens with one attached hydrogen (secondary N) is 2. The second kappa shape index (κ2) is 8.65. The molecule has 8 heteroatoms. The van der Waals surface area contributed by atoms with Gasteiger partial charge in [-0.25, -0.2) is 5.43 Å². The van der Waals surface area contributed by atoms with Gasteiger partial charge in [-0.1, -0.05) is 12.1 Å². The topological polar surface area (TPSA) is 100 Å². The molecule has 0 radical (unpaired) electrons. The lowest BCUT2D eigenvalue weighted by Crippen LogP contribution is -2.32. The standard InChI is InChI=1S/C18H18IN3O4/c1-10-5-4-6-14(11(10)2)21-17(24)18(25)22-20-9-12-7-13(19)16(23)15(8-12)26-3/h4-9,23H,1-3H3,(H,21,24)(H,22,25)/b20-9-. The quantitative estimate of drug-likeness (QED) is 0.279. The number of rotatable bonds is 4. The summed E-state index contributed by atoms with van der Waals surface area (Å²) in [5.74, 6) is -1.38. The number of phenols is 1. The molecular formula is C18H18IN3O4. The van der Waals surface area contributed by atoms with E-state index in [-0.39, 0.29) is 11.5 Å². The number of aryl methyl sites for hydroxylation is 1. The van der Waals surface area contributed by atoms with E-state index in [1.165, 1.54) is 13.3 Å². The Morgan fingerprint density at radius 2 is 1.96 bits per heavy atom. The minimum atomic E-state index is -0.886. The zero-order chi connectivity index (χ0) is 19.3. The Morgan fingerprint density at radius 3 is 2.65 bits per heavy atom. The third-order valence-corrected chi connectivity index (χ3v) is 4.53. The van der Waals surface area contributed by atoms with Gasteiger partial charge in [-0.05, 0) is 71.3 Å². The average molecular weight is 467 g/mol. The summed E-state index contributed by atoms with van der Waals surface area (Å²) >= 11 is 1.95. The summed E-state index contributed by atoms with van der Waals surface area (Å²) in [7, 11) is 1.44. The number of nitrogens with zero attached hydrogens (tertiary/aromatic N) is 1. The van der Waals surface area contributed by atoms with Crippen molar-refractivity contribution in [3.05, 3.63) is 50.6 Å². The second-order valence-corrected chi connectivity index (χ2v) is 6.62. The van der Waals surface area contributed by atoms with Gasteiger partial charge in [0.15, 0.2) is 11.5 Å². The summed E-state index contributed by atoms with van der Waals surface area (Å²) in [4.78, 5) is 23.8. The fourth-order valence-electron chi connectivity index (χ4n) is 2.11. The molecule has 136 valence electrons. The van der Waals surface area contributed by atoms with Crippen molar-refractivity contribution in [3.8, 4) is 11.5 Å². The molecule has 2 rings (SSSR count). The lowest BCUT2D eigenvalue weighted by Gasteiger charge is -2.09. The van der Waals surface area contributed by atoms with Crippen molar-refractivity contribution in [2.45, 2.75) is 13.8 Å². The molecule has 2 aromatic rings. The van der Waals surface area contributed by atoms with Crippen LogP contribution in [0.15, 0.2) is 35.4 Å². The van der Waals surface area contributed by atoms with Gasteiger partial charge >= 0.3 is 11.8 Å². The molecule has 0 saturated heterocycles. The van der Waals surface area contributed by atoms with Crippen molar-refractivity contribution < 1.29 is 19.4 Å². The molecule has 3 N–H and O–H groups in total. The zero-order valence-corrected chi connectivity index (χ0v) is 16.6. The molecule has 0 aromatic heterocycles. The fourth-order valence-corrected chi connectivity index (χ4v) is 2.73. The highest BCUT2D eigenvalue weighted by Crippen LogP contribution is 2.31. The summed E-state index contributed by atoms with van der Waals surface area (Å²) in [6.45, 7) is 3.78. The number of halogens is 1. The van der Waals surface area contributed by atoms with Crippen LogP contribution in [-0.2, 0) is 9.59 Å². The normalized spacial score (nSPS) is 10.6. The molecular weight excluding hydrogens is 449 g/mol. The van der Waals surface area contributed by atoms with E-state index in [4.69, 9.17) is 4.74 Å². The number of benzene rings is 2. The Labute approximate surface area is 164 Å². The van der Waals surface area contributed by atoms with Crippen LogP contribution in [0.4, 0.5) is 5.69 Å². The highest BCUT2D eigenvalue weighted by Gasteiger charge is 2.14. The molecule has 7 nitrogen and oxygen atoms in total.